The Morgan fingerprint density at radius 1 is 0.735 bits per heavy atom. The molecule has 0 saturated heterocycles. The Balaban J connectivity index is 1.44. The molecule has 1 saturated carbocycles. The van der Waals surface area contributed by atoms with Gasteiger partial charge in [0.15, 0.2) is 0 Å². The van der Waals surface area contributed by atoms with Crippen LogP contribution in [0.3, 0.4) is 0 Å². The minimum Gasteiger partial charge on any atom is -0.444 e. The van der Waals surface area contributed by atoms with E-state index in [2.05, 4.69) is 39.9 Å². The summed E-state index contributed by atoms with van der Waals surface area (Å²) in [7, 11) is 0. The molecule has 4 atom stereocenters. The highest BCUT2D eigenvalue weighted by Gasteiger charge is 2.42. The number of benzene rings is 3. The Hall–Kier alpha value is -4.09. The van der Waals surface area contributed by atoms with E-state index in [1.807, 2.05) is 66.7 Å². The van der Waals surface area contributed by atoms with Crippen LogP contribution in [0.5, 0.6) is 0 Å². The second-order valence-electron chi connectivity index (χ2n) is 13.9. The lowest BCUT2D eigenvalue weighted by molar-refractivity contribution is -0.152. The van der Waals surface area contributed by atoms with Crippen LogP contribution in [0.2, 0.25) is 0 Å². The maximum absolute atomic E-state index is 12.5. The van der Waals surface area contributed by atoms with Crippen molar-refractivity contribution >= 4 is 18.5 Å². The van der Waals surface area contributed by atoms with Gasteiger partial charge in [-0.15, -0.1) is 0 Å². The van der Waals surface area contributed by atoms with Crippen LogP contribution in [0.4, 0.5) is 9.59 Å². The Bertz CT molecular complexity index is 1450. The molecule has 0 spiro atoms. The van der Waals surface area contributed by atoms with Gasteiger partial charge in [-0.3, -0.25) is 5.32 Å². The van der Waals surface area contributed by atoms with E-state index in [9.17, 15) is 9.59 Å². The lowest BCUT2D eigenvalue weighted by atomic mass is 9.81. The van der Waals surface area contributed by atoms with Gasteiger partial charge in [-0.1, -0.05) is 91.0 Å². The number of nitrogens with zero attached hydrogens (tertiary/aromatic N) is 1. The summed E-state index contributed by atoms with van der Waals surface area (Å²) in [5.74, 6) is 0.101. The van der Waals surface area contributed by atoms with Crippen molar-refractivity contribution < 1.29 is 33.3 Å². The number of alkyl carbamates (subject to hydrolysis) is 1. The van der Waals surface area contributed by atoms with E-state index in [-0.39, 0.29) is 24.2 Å². The number of carbonyl (C=O) groups is 2. The van der Waals surface area contributed by atoms with E-state index < -0.39 is 23.4 Å². The fraction of sp³-hybridized carbons (Fsp3) is 0.462. The predicted molar refractivity (Wildman–Crippen MR) is 189 cm³/mol. The Morgan fingerprint density at radius 2 is 1.27 bits per heavy atom. The summed E-state index contributed by atoms with van der Waals surface area (Å²) in [5, 5.41) is 5.94. The fourth-order valence-corrected chi connectivity index (χ4v) is 5.61. The normalized spacial score (nSPS) is 19.8. The van der Waals surface area contributed by atoms with Gasteiger partial charge >= 0.3 is 12.2 Å². The molecular weight excluding hydrogens is 622 g/mol. The summed E-state index contributed by atoms with van der Waals surface area (Å²) in [6.07, 6.45) is 0.526. The zero-order valence-corrected chi connectivity index (χ0v) is 29.3. The maximum Gasteiger partial charge on any atom is 0.435 e. The zero-order valence-electron chi connectivity index (χ0n) is 29.3. The minimum atomic E-state index is -0.916. The molecule has 0 unspecified atom stereocenters. The lowest BCUT2D eigenvalue weighted by Crippen LogP contribution is -2.57. The smallest absolute Gasteiger partial charge is 0.435 e. The topological polar surface area (TPSA) is 117 Å². The van der Waals surface area contributed by atoms with Gasteiger partial charge in [0, 0.05) is 18.5 Å². The van der Waals surface area contributed by atoms with Crippen molar-refractivity contribution in [3.63, 3.8) is 0 Å². The van der Waals surface area contributed by atoms with Crippen LogP contribution in [-0.2, 0) is 43.5 Å². The Labute approximate surface area is 290 Å². The van der Waals surface area contributed by atoms with Crippen LogP contribution in [0.15, 0.2) is 96.0 Å². The summed E-state index contributed by atoms with van der Waals surface area (Å²) in [6, 6.07) is 30.3. The van der Waals surface area contributed by atoms with Gasteiger partial charge in [-0.25, -0.2) is 9.59 Å². The maximum atomic E-state index is 12.5. The van der Waals surface area contributed by atoms with Crippen molar-refractivity contribution in [3.05, 3.63) is 108 Å². The molecule has 1 aliphatic rings. The number of carbonyl (C=O) groups excluding carboxylic acids is 2. The van der Waals surface area contributed by atoms with Crippen molar-refractivity contribution in [2.24, 2.45) is 10.9 Å². The van der Waals surface area contributed by atoms with E-state index in [1.54, 1.807) is 34.6 Å². The molecule has 49 heavy (non-hydrogen) atoms. The molecule has 3 aromatic carbocycles. The van der Waals surface area contributed by atoms with E-state index >= 15 is 0 Å². The summed E-state index contributed by atoms with van der Waals surface area (Å²) in [4.78, 5) is 28.1. The molecule has 2 N–H and O–H groups in total. The van der Waals surface area contributed by atoms with Crippen LogP contribution >= 0.6 is 0 Å². The van der Waals surface area contributed by atoms with Gasteiger partial charge in [-0.2, -0.15) is 4.99 Å². The minimum absolute atomic E-state index is 0.0924. The molecule has 10 nitrogen and oxygen atoms in total. The van der Waals surface area contributed by atoms with E-state index in [0.29, 0.717) is 33.0 Å². The molecule has 1 aliphatic carbocycles. The molecular formula is C39H51N3O7. The average molecular weight is 674 g/mol. The predicted octanol–water partition coefficient (Wildman–Crippen LogP) is 7.21. The third-order valence-electron chi connectivity index (χ3n) is 7.95. The SMILES string of the molecule is CC(C)(C)OC(=O)N/C=N\C(=O)OC(C)(C)CN[C@H]1CC[C@H](COCc2ccccc2)[C@H](OCc2ccccc2)[C@@H]1OCc1ccccc1. The lowest BCUT2D eigenvalue weighted by Gasteiger charge is -2.43. The highest BCUT2D eigenvalue weighted by Crippen LogP contribution is 2.32. The molecule has 1 fully saturated rings. The number of rotatable bonds is 15. The van der Waals surface area contributed by atoms with Gasteiger partial charge in [0.1, 0.15) is 17.5 Å². The van der Waals surface area contributed by atoms with Gasteiger partial charge in [-0.05, 0) is 64.2 Å². The van der Waals surface area contributed by atoms with Crippen LogP contribution in [0, 0.1) is 5.92 Å². The van der Waals surface area contributed by atoms with Crippen LogP contribution in [0.1, 0.15) is 64.2 Å². The van der Waals surface area contributed by atoms with Crippen LogP contribution in [0.25, 0.3) is 0 Å². The van der Waals surface area contributed by atoms with E-state index in [1.165, 1.54) is 0 Å². The van der Waals surface area contributed by atoms with Gasteiger partial charge in [0.2, 0.25) is 0 Å². The second-order valence-corrected chi connectivity index (χ2v) is 13.9. The molecule has 0 heterocycles. The third kappa shape index (κ3) is 13.7. The fourth-order valence-electron chi connectivity index (χ4n) is 5.61. The second kappa shape index (κ2) is 18.6. The molecule has 0 radical (unpaired) electrons. The number of ether oxygens (including phenoxy) is 5. The summed E-state index contributed by atoms with van der Waals surface area (Å²) < 4.78 is 30.5. The quantitative estimate of drug-likeness (QED) is 0.128. The van der Waals surface area contributed by atoms with Crippen molar-refractivity contribution in [3.8, 4) is 0 Å². The summed E-state index contributed by atoms with van der Waals surface area (Å²) in [5.41, 5.74) is 1.68. The van der Waals surface area contributed by atoms with E-state index in [0.717, 1.165) is 35.9 Å². The number of hydrogen-bond donors (Lipinski definition) is 2. The molecule has 0 bridgehead atoms. The Kier molecular flexibility index (Phi) is 14.3. The molecule has 10 heteroatoms. The largest absolute Gasteiger partial charge is 0.444 e. The molecule has 4 rings (SSSR count). The molecule has 264 valence electrons. The molecule has 2 amide bonds. The molecule has 0 aromatic heterocycles. The number of amides is 2. The molecule has 3 aromatic rings. The van der Waals surface area contributed by atoms with Crippen molar-refractivity contribution in [2.75, 3.05) is 13.2 Å². The summed E-state index contributed by atoms with van der Waals surface area (Å²) in [6.45, 7) is 11.1. The standard InChI is InChI=1S/C39H51N3O7/c1-38(2,3)48-36(43)41-28-42-37(44)49-39(4,5)27-40-33-22-21-32(26-45-23-29-15-9-6-10-16-29)34(46-24-30-17-11-7-12-18-30)35(33)47-25-31-19-13-8-14-20-31/h6-20,28,32-35,40H,21-27H2,1-5H3,(H,41,42,43,44)/t32-,33+,34+,35-/m1/s1. The molecule has 0 aliphatic heterocycles. The first-order valence-electron chi connectivity index (χ1n) is 16.9. The van der Waals surface area contributed by atoms with Crippen LogP contribution < -0.4 is 10.6 Å². The van der Waals surface area contributed by atoms with Gasteiger partial charge in [0.25, 0.3) is 0 Å². The first-order valence-corrected chi connectivity index (χ1v) is 16.9. The van der Waals surface area contributed by atoms with Crippen LogP contribution in [-0.4, -0.2) is 61.1 Å². The van der Waals surface area contributed by atoms with Gasteiger partial charge in [0.05, 0.1) is 38.6 Å². The first-order chi connectivity index (χ1) is 23.5. The number of hydrogen-bond acceptors (Lipinski definition) is 8. The van der Waals surface area contributed by atoms with Crippen molar-refractivity contribution in [2.45, 2.75) is 96.7 Å². The highest BCUT2D eigenvalue weighted by atomic mass is 16.6. The van der Waals surface area contributed by atoms with E-state index in [4.69, 9.17) is 23.7 Å². The first kappa shape index (κ1) is 37.7. The average Bonchev–Trinajstić information content (AvgIpc) is 3.06. The number of aliphatic imine (C=N–C) groups is 1. The van der Waals surface area contributed by atoms with Crippen molar-refractivity contribution in [1.29, 1.82) is 0 Å². The third-order valence-corrected chi connectivity index (χ3v) is 7.95. The highest BCUT2D eigenvalue weighted by molar-refractivity contribution is 5.87. The number of nitrogens with one attached hydrogen (secondary N) is 2. The van der Waals surface area contributed by atoms with Gasteiger partial charge < -0.3 is 29.0 Å². The zero-order chi connectivity index (χ0) is 35.1. The monoisotopic (exact) mass is 673 g/mol. The Morgan fingerprint density at radius 3 is 1.82 bits per heavy atom. The van der Waals surface area contributed by atoms with Crippen molar-refractivity contribution in [1.82, 2.24) is 10.6 Å². The summed E-state index contributed by atoms with van der Waals surface area (Å²) >= 11 is 0.